The van der Waals surface area contributed by atoms with Crippen LogP contribution in [0, 0.1) is 5.82 Å². The summed E-state index contributed by atoms with van der Waals surface area (Å²) in [6.07, 6.45) is 3.41. The number of fused-ring (bicyclic) bond motifs is 1. The summed E-state index contributed by atoms with van der Waals surface area (Å²) in [4.78, 5) is 44.2. The third-order valence-corrected chi connectivity index (χ3v) is 8.52. The molecule has 4 N–H and O–H groups in total. The summed E-state index contributed by atoms with van der Waals surface area (Å²) in [7, 11) is 0. The van der Waals surface area contributed by atoms with Crippen molar-refractivity contribution < 1.29 is 18.8 Å². The average Bonchev–Trinajstić information content (AvgIpc) is 3.51. The van der Waals surface area contributed by atoms with Gasteiger partial charge in [-0.05, 0) is 60.2 Å². The number of thioether (sulfide) groups is 1. The molecule has 5 aromatic carbocycles. The molecule has 7 nitrogen and oxygen atoms in total. The molecule has 0 aliphatic heterocycles. The van der Waals surface area contributed by atoms with Crippen molar-refractivity contribution in [3.05, 3.63) is 168 Å². The number of aromatic amines is 1. The molecule has 1 atom stereocenters. The van der Waals surface area contributed by atoms with Gasteiger partial charge in [0.15, 0.2) is 0 Å². The number of aromatic nitrogens is 1. The van der Waals surface area contributed by atoms with Crippen molar-refractivity contribution in [2.45, 2.75) is 10.1 Å². The highest BCUT2D eigenvalue weighted by Crippen LogP contribution is 2.37. The lowest BCUT2D eigenvalue weighted by molar-refractivity contribution is -0.116. The molecule has 47 heavy (non-hydrogen) atoms. The lowest BCUT2D eigenvalue weighted by Gasteiger charge is -2.18. The summed E-state index contributed by atoms with van der Waals surface area (Å²) in [6.45, 7) is 0. The highest BCUT2D eigenvalue weighted by Gasteiger charge is 2.24. The Morgan fingerprint density at radius 1 is 0.745 bits per heavy atom. The van der Waals surface area contributed by atoms with Crippen LogP contribution in [0.5, 0.6) is 0 Å². The molecule has 1 aromatic heterocycles. The first kappa shape index (κ1) is 31.1. The third kappa shape index (κ3) is 7.66. The summed E-state index contributed by atoms with van der Waals surface area (Å²) in [5.41, 5.74) is 3.36. The topological polar surface area (TPSA) is 103 Å². The van der Waals surface area contributed by atoms with Crippen molar-refractivity contribution in [1.82, 2.24) is 10.3 Å². The first-order valence-corrected chi connectivity index (χ1v) is 15.7. The molecule has 3 amide bonds. The van der Waals surface area contributed by atoms with Crippen molar-refractivity contribution in [2.75, 3.05) is 10.6 Å². The van der Waals surface area contributed by atoms with E-state index in [1.165, 1.54) is 23.9 Å². The van der Waals surface area contributed by atoms with Crippen molar-refractivity contribution in [3.8, 4) is 0 Å². The maximum absolute atomic E-state index is 14.4. The molecule has 0 radical (unpaired) electrons. The van der Waals surface area contributed by atoms with Crippen LogP contribution in [-0.4, -0.2) is 22.7 Å². The Kier molecular flexibility index (Phi) is 9.55. The van der Waals surface area contributed by atoms with Crippen molar-refractivity contribution >= 4 is 57.8 Å². The van der Waals surface area contributed by atoms with Crippen LogP contribution in [0.1, 0.15) is 26.7 Å². The number of benzene rings is 5. The monoisotopic (exact) mass is 640 g/mol. The fourth-order valence-electron chi connectivity index (χ4n) is 4.95. The highest BCUT2D eigenvalue weighted by molar-refractivity contribution is 8.00. The maximum atomic E-state index is 14.4. The number of H-pyrrole nitrogens is 1. The van der Waals surface area contributed by atoms with Gasteiger partial charge in [-0.25, -0.2) is 4.39 Å². The predicted molar refractivity (Wildman–Crippen MR) is 185 cm³/mol. The fraction of sp³-hybridized carbons (Fsp3) is 0.0263. The van der Waals surface area contributed by atoms with E-state index in [2.05, 4.69) is 20.9 Å². The second-order valence-electron chi connectivity index (χ2n) is 10.5. The third-order valence-electron chi connectivity index (χ3n) is 7.27. The normalized spacial score (nSPS) is 11.9. The molecule has 0 aliphatic carbocycles. The Morgan fingerprint density at radius 3 is 2.23 bits per heavy atom. The van der Waals surface area contributed by atoms with Gasteiger partial charge in [-0.15, -0.1) is 11.8 Å². The van der Waals surface area contributed by atoms with Gasteiger partial charge in [0.05, 0.1) is 5.69 Å². The molecule has 0 saturated carbocycles. The zero-order chi connectivity index (χ0) is 32.6. The zero-order valence-electron chi connectivity index (χ0n) is 24.9. The van der Waals surface area contributed by atoms with E-state index in [9.17, 15) is 18.8 Å². The Hall–Kier alpha value is -5.93. The van der Waals surface area contributed by atoms with Crippen LogP contribution < -0.4 is 16.0 Å². The largest absolute Gasteiger partial charge is 0.361 e. The van der Waals surface area contributed by atoms with Crippen LogP contribution >= 0.6 is 11.8 Å². The molecule has 232 valence electrons. The second kappa shape index (κ2) is 14.4. The van der Waals surface area contributed by atoms with Gasteiger partial charge < -0.3 is 20.9 Å². The van der Waals surface area contributed by atoms with Gasteiger partial charge in [0.1, 0.15) is 16.8 Å². The summed E-state index contributed by atoms with van der Waals surface area (Å²) < 4.78 is 14.4. The lowest BCUT2D eigenvalue weighted by Crippen LogP contribution is -2.30. The van der Waals surface area contributed by atoms with Gasteiger partial charge in [0.2, 0.25) is 5.91 Å². The zero-order valence-corrected chi connectivity index (χ0v) is 25.8. The van der Waals surface area contributed by atoms with E-state index < -0.39 is 28.8 Å². The van der Waals surface area contributed by atoms with Crippen molar-refractivity contribution in [2.24, 2.45) is 0 Å². The van der Waals surface area contributed by atoms with Gasteiger partial charge >= 0.3 is 0 Å². The fourth-order valence-corrected chi connectivity index (χ4v) is 6.04. The SMILES string of the molecule is O=C(Nc1cccc(SC(C(=O)Nc2ccccc2F)c2ccccc2)c1)/C(=C/c1c[nH]c2ccccc12)NC(=O)c1ccccc1. The summed E-state index contributed by atoms with van der Waals surface area (Å²) in [5.74, 6) is -1.88. The molecule has 0 fully saturated rings. The Bertz CT molecular complexity index is 2080. The molecule has 9 heteroatoms. The molecule has 0 spiro atoms. The number of anilines is 2. The first-order chi connectivity index (χ1) is 22.9. The van der Waals surface area contributed by atoms with Crippen molar-refractivity contribution in [1.29, 1.82) is 0 Å². The average molecular weight is 641 g/mol. The van der Waals surface area contributed by atoms with Crippen LogP contribution in [0.25, 0.3) is 17.0 Å². The molecule has 0 aliphatic rings. The van der Waals surface area contributed by atoms with Gasteiger partial charge in [0.25, 0.3) is 11.8 Å². The highest BCUT2D eigenvalue weighted by atomic mass is 32.2. The van der Waals surface area contributed by atoms with Gasteiger partial charge in [-0.3, -0.25) is 14.4 Å². The van der Waals surface area contributed by atoms with Crippen LogP contribution in [0.15, 0.2) is 150 Å². The quantitative estimate of drug-likeness (QED) is 0.0896. The number of carbonyl (C=O) groups is 3. The number of rotatable bonds is 10. The van der Waals surface area contributed by atoms with Crippen LogP contribution in [0.2, 0.25) is 0 Å². The summed E-state index contributed by atoms with van der Waals surface area (Å²) >= 11 is 1.26. The molecule has 0 bridgehead atoms. The second-order valence-corrected chi connectivity index (χ2v) is 11.7. The Labute approximate surface area is 274 Å². The van der Waals surface area contributed by atoms with E-state index >= 15 is 0 Å². The van der Waals surface area contributed by atoms with E-state index in [-0.39, 0.29) is 11.4 Å². The lowest BCUT2D eigenvalue weighted by atomic mass is 10.1. The van der Waals surface area contributed by atoms with E-state index in [0.717, 1.165) is 22.0 Å². The number of carbonyl (C=O) groups excluding carboxylic acids is 3. The molecule has 6 rings (SSSR count). The molecular weight excluding hydrogens is 612 g/mol. The maximum Gasteiger partial charge on any atom is 0.272 e. The van der Waals surface area contributed by atoms with Gasteiger partial charge in [-0.1, -0.05) is 84.9 Å². The Balaban J connectivity index is 1.26. The molecule has 6 aromatic rings. The summed E-state index contributed by atoms with van der Waals surface area (Å²) in [6, 6.07) is 38.6. The van der Waals surface area contributed by atoms with E-state index in [4.69, 9.17) is 0 Å². The minimum Gasteiger partial charge on any atom is -0.361 e. The van der Waals surface area contributed by atoms with Gasteiger partial charge in [-0.2, -0.15) is 0 Å². The number of nitrogens with one attached hydrogen (secondary N) is 4. The minimum atomic E-state index is -0.718. The molecular formula is C38H29FN4O3S. The molecule has 1 heterocycles. The van der Waals surface area contributed by atoms with E-state index in [0.29, 0.717) is 16.1 Å². The number of halogens is 1. The number of hydrogen-bond acceptors (Lipinski definition) is 4. The van der Waals surface area contributed by atoms with Crippen LogP contribution in [0.3, 0.4) is 0 Å². The predicted octanol–water partition coefficient (Wildman–Crippen LogP) is 8.19. The number of para-hydroxylation sites is 2. The van der Waals surface area contributed by atoms with Gasteiger partial charge in [0, 0.05) is 38.8 Å². The molecule has 0 saturated heterocycles. The Morgan fingerprint density at radius 2 is 1.45 bits per heavy atom. The molecule has 1 unspecified atom stereocenters. The van der Waals surface area contributed by atoms with Crippen molar-refractivity contribution in [3.63, 3.8) is 0 Å². The smallest absolute Gasteiger partial charge is 0.272 e. The van der Waals surface area contributed by atoms with E-state index in [1.807, 2.05) is 66.7 Å². The first-order valence-electron chi connectivity index (χ1n) is 14.8. The van der Waals surface area contributed by atoms with Crippen LogP contribution in [-0.2, 0) is 9.59 Å². The standard InChI is InChI=1S/C38H29FN4O3S/c39-31-19-8-10-21-33(31)42-38(46)35(25-12-3-1-4-13-25)47-29-17-11-16-28(23-29)41-37(45)34(43-36(44)26-14-5-2-6-15-26)22-27-24-40-32-20-9-7-18-30(27)32/h1-24,35,40H,(H,41,45)(H,42,46)(H,43,44)/b34-22-. The number of hydrogen-bond donors (Lipinski definition) is 4. The van der Waals surface area contributed by atoms with Crippen LogP contribution in [0.4, 0.5) is 15.8 Å². The van der Waals surface area contributed by atoms with E-state index in [1.54, 1.807) is 66.9 Å². The minimum absolute atomic E-state index is 0.0492. The summed E-state index contributed by atoms with van der Waals surface area (Å²) in [5, 5.41) is 8.55. The number of amides is 3.